The van der Waals surface area contributed by atoms with Crippen LogP contribution in [0.5, 0.6) is 17.2 Å². The highest BCUT2D eigenvalue weighted by molar-refractivity contribution is 14.1. The van der Waals surface area contributed by atoms with Crippen LogP contribution >= 0.6 is 22.6 Å². The molecule has 0 aliphatic heterocycles. The van der Waals surface area contributed by atoms with Crippen molar-refractivity contribution in [2.45, 2.75) is 336 Å². The monoisotopic (exact) mass is 1140 g/mol. The lowest BCUT2D eigenvalue weighted by molar-refractivity contribution is 0.0470. The molecular formula is C68H119IO5. The number of unbranched alkanes of at least 4 members (excludes halogenated alkanes) is 45. The van der Waals surface area contributed by atoms with Crippen LogP contribution in [0.3, 0.4) is 0 Å². The van der Waals surface area contributed by atoms with Crippen molar-refractivity contribution >= 4 is 28.6 Å². The van der Waals surface area contributed by atoms with Crippen LogP contribution < -0.4 is 14.2 Å². The second-order valence-electron chi connectivity index (χ2n) is 22.4. The van der Waals surface area contributed by atoms with Crippen molar-refractivity contribution in [3.05, 3.63) is 51.1 Å². The molecule has 74 heavy (non-hydrogen) atoms. The van der Waals surface area contributed by atoms with Gasteiger partial charge in [0.2, 0.25) is 5.75 Å². The Morgan fingerprint density at radius 2 is 0.608 bits per heavy atom. The van der Waals surface area contributed by atoms with Gasteiger partial charge in [-0.25, -0.2) is 4.79 Å². The van der Waals surface area contributed by atoms with Crippen LogP contribution in [-0.2, 0) is 11.3 Å². The molecule has 0 unspecified atom stereocenters. The molecule has 0 aliphatic rings. The smallest absolute Gasteiger partial charge is 0.339 e. The topological polar surface area (TPSA) is 54.0 Å². The van der Waals surface area contributed by atoms with Gasteiger partial charge in [0.25, 0.3) is 0 Å². The van der Waals surface area contributed by atoms with Gasteiger partial charge in [-0.05, 0) is 71.7 Å². The average Bonchev–Trinajstić information content (AvgIpc) is 3.41. The summed E-state index contributed by atoms with van der Waals surface area (Å²) in [6.07, 6.45) is 64.7. The minimum Gasteiger partial charge on any atom is -0.490 e. The molecule has 2 aromatic carbocycles. The van der Waals surface area contributed by atoms with Crippen molar-refractivity contribution in [3.63, 3.8) is 0 Å². The van der Waals surface area contributed by atoms with Crippen molar-refractivity contribution in [3.8, 4) is 17.2 Å². The number of halogens is 1. The normalized spacial score (nSPS) is 11.4. The third-order valence-electron chi connectivity index (χ3n) is 15.3. The SMILES string of the molecule is CCCCCCCCCCCCCCCCCCOc1cc(COC(=O)c2ccccc2I)cc(OCCCCCCCCCCCCCCCCCC)c1OCCCCCCCCCCCCCCCCCC. The zero-order valence-electron chi connectivity index (χ0n) is 49.2. The molecule has 0 radical (unpaired) electrons. The summed E-state index contributed by atoms with van der Waals surface area (Å²) in [7, 11) is 0. The van der Waals surface area contributed by atoms with Crippen LogP contribution in [0, 0.1) is 3.57 Å². The lowest BCUT2D eigenvalue weighted by atomic mass is 10.0. The van der Waals surface area contributed by atoms with Crippen molar-refractivity contribution < 1.29 is 23.7 Å². The van der Waals surface area contributed by atoms with E-state index in [1.165, 1.54) is 289 Å². The summed E-state index contributed by atoms with van der Waals surface area (Å²) in [5.41, 5.74) is 1.45. The largest absolute Gasteiger partial charge is 0.490 e. The maximum atomic E-state index is 13.2. The molecule has 2 rings (SSSR count). The Morgan fingerprint density at radius 1 is 0.351 bits per heavy atom. The van der Waals surface area contributed by atoms with E-state index in [0.717, 1.165) is 28.4 Å². The lowest BCUT2D eigenvalue weighted by Gasteiger charge is -2.19. The molecule has 0 saturated heterocycles. The highest BCUT2D eigenvalue weighted by Gasteiger charge is 2.18. The van der Waals surface area contributed by atoms with Gasteiger partial charge in [0.1, 0.15) is 6.61 Å². The molecule has 6 heteroatoms. The Balaban J connectivity index is 1.91. The highest BCUT2D eigenvalue weighted by atomic mass is 127. The summed E-state index contributed by atoms with van der Waals surface area (Å²) >= 11 is 2.21. The second-order valence-corrected chi connectivity index (χ2v) is 23.6. The zero-order valence-corrected chi connectivity index (χ0v) is 51.3. The van der Waals surface area contributed by atoms with Gasteiger partial charge in [-0.2, -0.15) is 0 Å². The fourth-order valence-corrected chi connectivity index (χ4v) is 11.0. The molecule has 0 amide bonds. The Kier molecular flexibility index (Phi) is 48.9. The lowest BCUT2D eigenvalue weighted by Crippen LogP contribution is -2.09. The van der Waals surface area contributed by atoms with Gasteiger partial charge in [-0.1, -0.05) is 322 Å². The zero-order chi connectivity index (χ0) is 52.9. The van der Waals surface area contributed by atoms with Crippen LogP contribution in [0.15, 0.2) is 36.4 Å². The highest BCUT2D eigenvalue weighted by Crippen LogP contribution is 2.40. The van der Waals surface area contributed by atoms with Gasteiger partial charge >= 0.3 is 5.97 Å². The minimum absolute atomic E-state index is 0.147. The third kappa shape index (κ3) is 40.3. The van der Waals surface area contributed by atoms with Crippen LogP contribution in [0.2, 0.25) is 0 Å². The van der Waals surface area contributed by atoms with E-state index >= 15 is 0 Å². The third-order valence-corrected chi connectivity index (χ3v) is 16.2. The van der Waals surface area contributed by atoms with Crippen molar-refractivity contribution in [1.29, 1.82) is 0 Å². The van der Waals surface area contributed by atoms with Crippen LogP contribution in [0.4, 0.5) is 0 Å². The molecule has 0 aromatic heterocycles. The molecule has 0 atom stereocenters. The van der Waals surface area contributed by atoms with E-state index in [4.69, 9.17) is 18.9 Å². The summed E-state index contributed by atoms with van der Waals surface area (Å²) in [6.45, 7) is 8.96. The number of rotatable bonds is 57. The van der Waals surface area contributed by atoms with Gasteiger partial charge in [0.15, 0.2) is 11.5 Å². The van der Waals surface area contributed by atoms with Crippen molar-refractivity contribution in [2.24, 2.45) is 0 Å². The van der Waals surface area contributed by atoms with Gasteiger partial charge in [-0.3, -0.25) is 0 Å². The van der Waals surface area contributed by atoms with Crippen molar-refractivity contribution in [1.82, 2.24) is 0 Å². The standard InChI is InChI=1S/C68H119IO5/c1-4-7-10-13-16-19-22-25-28-31-34-37-40-43-46-51-56-71-65-59-62(61-74-68(70)63-54-49-50-55-64(63)69)60-66(72-57-52-47-44-41-38-35-32-29-26-23-20-17-14-11-8-5-2)67(65)73-58-53-48-45-42-39-36-33-30-27-24-21-18-15-12-9-6-3/h49-50,54-55,59-60H,4-48,51-53,56-58,61H2,1-3H3. The number of carbonyl (C=O) groups is 1. The first kappa shape index (κ1) is 68.1. The average molecular weight is 1140 g/mol. The Hall–Kier alpha value is -1.96. The summed E-state index contributed by atoms with van der Waals surface area (Å²) in [5, 5.41) is 0. The number of benzene rings is 2. The molecule has 0 spiro atoms. The van der Waals surface area contributed by atoms with E-state index in [0.29, 0.717) is 42.6 Å². The second kappa shape index (κ2) is 53.1. The molecule has 0 saturated carbocycles. The van der Waals surface area contributed by atoms with Crippen LogP contribution in [0.1, 0.15) is 345 Å². The molecule has 2 aromatic rings. The van der Waals surface area contributed by atoms with Crippen molar-refractivity contribution in [2.75, 3.05) is 19.8 Å². The van der Waals surface area contributed by atoms with Gasteiger partial charge in [0, 0.05) is 3.57 Å². The predicted octanol–water partition coefficient (Wildman–Crippen LogP) is 23.6. The first-order valence-electron chi connectivity index (χ1n) is 32.6. The summed E-state index contributed by atoms with van der Waals surface area (Å²) < 4.78 is 26.7. The number of carbonyl (C=O) groups excluding carboxylic acids is 1. The number of ether oxygens (including phenoxy) is 4. The van der Waals surface area contributed by atoms with E-state index in [1.54, 1.807) is 0 Å². The molecular weight excluding hydrogens is 1020 g/mol. The van der Waals surface area contributed by atoms with E-state index in [9.17, 15) is 4.79 Å². The molecule has 0 N–H and O–H groups in total. The van der Waals surface area contributed by atoms with E-state index in [1.807, 2.05) is 36.4 Å². The minimum atomic E-state index is -0.315. The fraction of sp³-hybridized carbons (Fsp3) is 0.809. The van der Waals surface area contributed by atoms with Gasteiger partial charge in [-0.15, -0.1) is 0 Å². The summed E-state index contributed by atoms with van der Waals surface area (Å²) in [5.74, 6) is 1.83. The van der Waals surface area contributed by atoms with E-state index in [2.05, 4.69) is 43.4 Å². The predicted molar refractivity (Wildman–Crippen MR) is 330 cm³/mol. The quantitative estimate of drug-likeness (QED) is 0.0375. The molecule has 0 fully saturated rings. The maximum Gasteiger partial charge on any atom is 0.339 e. The molecule has 428 valence electrons. The first-order valence-corrected chi connectivity index (χ1v) is 33.6. The number of esters is 1. The summed E-state index contributed by atoms with van der Waals surface area (Å²) in [6, 6.07) is 11.7. The Morgan fingerprint density at radius 3 is 0.892 bits per heavy atom. The maximum absolute atomic E-state index is 13.2. The molecule has 0 aliphatic carbocycles. The van der Waals surface area contributed by atoms with E-state index < -0.39 is 0 Å². The van der Waals surface area contributed by atoms with Gasteiger partial charge < -0.3 is 18.9 Å². The Bertz CT molecular complexity index is 1450. The van der Waals surface area contributed by atoms with Crippen LogP contribution in [0.25, 0.3) is 0 Å². The Labute approximate surface area is 473 Å². The molecule has 0 bridgehead atoms. The van der Waals surface area contributed by atoms with Crippen LogP contribution in [-0.4, -0.2) is 25.8 Å². The first-order chi connectivity index (χ1) is 36.6. The molecule has 5 nitrogen and oxygen atoms in total. The summed E-state index contributed by atoms with van der Waals surface area (Å²) in [4.78, 5) is 13.2. The number of hydrogen-bond donors (Lipinski definition) is 0. The van der Waals surface area contributed by atoms with Gasteiger partial charge in [0.05, 0.1) is 25.4 Å². The molecule has 0 heterocycles. The fourth-order valence-electron chi connectivity index (χ4n) is 10.4. The van der Waals surface area contributed by atoms with E-state index in [-0.39, 0.29) is 12.6 Å². The number of hydrogen-bond acceptors (Lipinski definition) is 5.